The first-order chi connectivity index (χ1) is 9.52. The third kappa shape index (κ3) is 2.54. The van der Waals surface area contributed by atoms with Gasteiger partial charge in [-0.15, -0.1) is 0 Å². The highest BCUT2D eigenvalue weighted by Crippen LogP contribution is 2.40. The van der Waals surface area contributed by atoms with Crippen molar-refractivity contribution < 1.29 is 19.0 Å². The third-order valence-corrected chi connectivity index (χ3v) is 4.40. The first-order valence-electron chi connectivity index (χ1n) is 6.62. The predicted octanol–water partition coefficient (Wildman–Crippen LogP) is 3.25. The lowest BCUT2D eigenvalue weighted by Gasteiger charge is -2.18. The number of rotatable bonds is 2. The Morgan fingerprint density at radius 2 is 2.00 bits per heavy atom. The van der Waals surface area contributed by atoms with Crippen LogP contribution in [-0.2, 0) is 0 Å². The molecule has 1 aliphatic carbocycles. The summed E-state index contributed by atoms with van der Waals surface area (Å²) < 4.78 is 19.4. The van der Waals surface area contributed by atoms with Gasteiger partial charge in [0.25, 0.3) is 0 Å². The molecule has 1 amide bonds. The van der Waals surface area contributed by atoms with Crippen molar-refractivity contribution in [2.45, 2.75) is 18.9 Å². The van der Waals surface area contributed by atoms with Gasteiger partial charge >= 0.3 is 6.09 Å². The summed E-state index contributed by atoms with van der Waals surface area (Å²) in [7, 11) is 0. The van der Waals surface area contributed by atoms with E-state index in [0.29, 0.717) is 29.9 Å². The number of halogens is 2. The van der Waals surface area contributed by atoms with E-state index < -0.39 is 11.9 Å². The van der Waals surface area contributed by atoms with Crippen LogP contribution >= 0.6 is 11.6 Å². The van der Waals surface area contributed by atoms with Crippen molar-refractivity contribution in [3.63, 3.8) is 0 Å². The highest BCUT2D eigenvalue weighted by Gasteiger charge is 2.43. The summed E-state index contributed by atoms with van der Waals surface area (Å²) in [4.78, 5) is 12.4. The summed E-state index contributed by atoms with van der Waals surface area (Å²) in [6.45, 7) is 1.12. The molecule has 0 unspecified atom stereocenters. The summed E-state index contributed by atoms with van der Waals surface area (Å²) in [5.74, 6) is 0.411. The molecule has 1 N–H and O–H groups in total. The average Bonchev–Trinajstić information content (AvgIpc) is 2.90. The number of likely N-dealkylation sites (tertiary alicyclic amines) is 1. The molecule has 3 atom stereocenters. The van der Waals surface area contributed by atoms with Crippen molar-refractivity contribution in [1.29, 1.82) is 0 Å². The summed E-state index contributed by atoms with van der Waals surface area (Å²) >= 11 is 5.70. The Balaban J connectivity index is 1.61. The fraction of sp³-hybridized carbons (Fsp3) is 0.500. The van der Waals surface area contributed by atoms with E-state index in [2.05, 4.69) is 0 Å². The normalized spacial score (nSPS) is 28.5. The molecule has 20 heavy (non-hydrogen) atoms. The smallest absolute Gasteiger partial charge is 0.407 e. The van der Waals surface area contributed by atoms with Crippen LogP contribution in [0.4, 0.5) is 9.18 Å². The van der Waals surface area contributed by atoms with E-state index in [1.165, 1.54) is 17.0 Å². The quantitative estimate of drug-likeness (QED) is 0.912. The summed E-state index contributed by atoms with van der Waals surface area (Å²) in [6, 6.07) is 4.37. The van der Waals surface area contributed by atoms with Crippen molar-refractivity contribution in [1.82, 2.24) is 4.90 Å². The second-order valence-electron chi connectivity index (χ2n) is 5.49. The molecule has 0 spiro atoms. The molecule has 1 saturated carbocycles. The molecule has 0 bridgehead atoms. The van der Waals surface area contributed by atoms with Crippen LogP contribution in [0, 0.1) is 17.7 Å². The Hall–Kier alpha value is -1.49. The molecule has 0 aromatic heterocycles. The van der Waals surface area contributed by atoms with Gasteiger partial charge in [0.15, 0.2) is 11.6 Å². The van der Waals surface area contributed by atoms with Crippen LogP contribution in [0.5, 0.6) is 5.75 Å². The number of hydrogen-bond acceptors (Lipinski definition) is 2. The van der Waals surface area contributed by atoms with Crippen molar-refractivity contribution in [2.24, 2.45) is 11.8 Å². The number of fused-ring (bicyclic) bond motifs is 1. The molecule has 1 aromatic carbocycles. The van der Waals surface area contributed by atoms with Gasteiger partial charge in [0.1, 0.15) is 0 Å². The summed E-state index contributed by atoms with van der Waals surface area (Å²) in [5, 5.41) is 9.31. The van der Waals surface area contributed by atoms with E-state index in [1.807, 2.05) is 0 Å². The molecule has 1 heterocycles. The minimum absolute atomic E-state index is 0.0448. The van der Waals surface area contributed by atoms with E-state index in [-0.39, 0.29) is 11.9 Å². The SMILES string of the molecule is O=C(O)N1C[C@H]2C[C@@H](Oc3ccc(Cl)cc3F)C[C@H]2C1. The van der Waals surface area contributed by atoms with Gasteiger partial charge in [0.2, 0.25) is 0 Å². The summed E-state index contributed by atoms with van der Waals surface area (Å²) in [5.41, 5.74) is 0. The average molecular weight is 300 g/mol. The van der Waals surface area contributed by atoms with Crippen LogP contribution in [0.25, 0.3) is 0 Å². The first kappa shape index (κ1) is 13.5. The molecule has 2 aliphatic rings. The lowest BCUT2D eigenvalue weighted by Crippen LogP contribution is -2.29. The van der Waals surface area contributed by atoms with Gasteiger partial charge in [-0.2, -0.15) is 0 Å². The van der Waals surface area contributed by atoms with Crippen molar-refractivity contribution in [3.8, 4) is 5.75 Å². The Kier molecular flexibility index (Phi) is 3.46. The van der Waals surface area contributed by atoms with Crippen LogP contribution in [0.2, 0.25) is 5.02 Å². The Labute approximate surface area is 121 Å². The molecule has 108 valence electrons. The molecule has 3 rings (SSSR count). The zero-order valence-electron chi connectivity index (χ0n) is 10.8. The molecule has 0 radical (unpaired) electrons. The summed E-state index contributed by atoms with van der Waals surface area (Å²) in [6.07, 6.45) is 0.643. The number of amides is 1. The van der Waals surface area contributed by atoms with Crippen molar-refractivity contribution in [3.05, 3.63) is 29.0 Å². The van der Waals surface area contributed by atoms with Crippen LogP contribution in [0.3, 0.4) is 0 Å². The van der Waals surface area contributed by atoms with Gasteiger partial charge in [-0.25, -0.2) is 9.18 Å². The molecule has 4 nitrogen and oxygen atoms in total. The number of carbonyl (C=O) groups is 1. The lowest BCUT2D eigenvalue weighted by molar-refractivity contribution is 0.143. The van der Waals surface area contributed by atoms with E-state index >= 15 is 0 Å². The van der Waals surface area contributed by atoms with Crippen molar-refractivity contribution in [2.75, 3.05) is 13.1 Å². The number of benzene rings is 1. The molecular formula is C14H15ClFNO3. The molecule has 6 heteroatoms. The number of nitrogens with zero attached hydrogens (tertiary/aromatic N) is 1. The van der Waals surface area contributed by atoms with Crippen molar-refractivity contribution >= 4 is 17.7 Å². The maximum atomic E-state index is 13.7. The number of ether oxygens (including phenoxy) is 1. The molecular weight excluding hydrogens is 285 g/mol. The monoisotopic (exact) mass is 299 g/mol. The minimum atomic E-state index is -0.861. The highest BCUT2D eigenvalue weighted by molar-refractivity contribution is 6.30. The Morgan fingerprint density at radius 1 is 1.35 bits per heavy atom. The minimum Gasteiger partial charge on any atom is -0.487 e. The van der Waals surface area contributed by atoms with Gasteiger partial charge in [-0.1, -0.05) is 11.6 Å². The van der Waals surface area contributed by atoms with E-state index in [4.69, 9.17) is 21.4 Å². The first-order valence-corrected chi connectivity index (χ1v) is 7.00. The molecule has 1 aromatic rings. The van der Waals surface area contributed by atoms with Crippen LogP contribution in [0.1, 0.15) is 12.8 Å². The molecule has 1 saturated heterocycles. The van der Waals surface area contributed by atoms with Gasteiger partial charge in [-0.05, 0) is 42.9 Å². The predicted molar refractivity (Wildman–Crippen MR) is 71.6 cm³/mol. The third-order valence-electron chi connectivity index (χ3n) is 4.17. The fourth-order valence-electron chi connectivity index (χ4n) is 3.25. The Bertz CT molecular complexity index is 525. The largest absolute Gasteiger partial charge is 0.487 e. The van der Waals surface area contributed by atoms with Gasteiger partial charge in [0, 0.05) is 18.1 Å². The van der Waals surface area contributed by atoms with Gasteiger partial charge < -0.3 is 14.7 Å². The molecule has 2 fully saturated rings. The Morgan fingerprint density at radius 3 is 2.55 bits per heavy atom. The van der Waals surface area contributed by atoms with Crippen LogP contribution in [0.15, 0.2) is 18.2 Å². The fourth-order valence-corrected chi connectivity index (χ4v) is 3.41. The van der Waals surface area contributed by atoms with E-state index in [1.54, 1.807) is 6.07 Å². The second kappa shape index (κ2) is 5.13. The maximum Gasteiger partial charge on any atom is 0.407 e. The second-order valence-corrected chi connectivity index (χ2v) is 5.93. The maximum absolute atomic E-state index is 13.7. The number of hydrogen-bond donors (Lipinski definition) is 1. The highest BCUT2D eigenvalue weighted by atomic mass is 35.5. The number of carboxylic acid groups (broad SMARTS) is 1. The lowest BCUT2D eigenvalue weighted by atomic mass is 10.0. The van der Waals surface area contributed by atoms with Crippen LogP contribution < -0.4 is 4.74 Å². The van der Waals surface area contributed by atoms with Gasteiger partial charge in [-0.3, -0.25) is 0 Å². The standard InChI is InChI=1S/C14H15ClFNO3/c15-10-1-2-13(12(16)5-10)20-11-3-8-6-17(14(18)19)7-9(8)4-11/h1-2,5,8-9,11H,3-4,6-7H2,(H,18,19)/t8-,9+,11-. The molecule has 1 aliphatic heterocycles. The van der Waals surface area contributed by atoms with Gasteiger partial charge in [0.05, 0.1) is 6.10 Å². The van der Waals surface area contributed by atoms with E-state index in [9.17, 15) is 9.18 Å². The zero-order valence-corrected chi connectivity index (χ0v) is 11.5. The van der Waals surface area contributed by atoms with E-state index in [0.717, 1.165) is 12.8 Å². The topological polar surface area (TPSA) is 49.8 Å². The van der Waals surface area contributed by atoms with Crippen LogP contribution in [-0.4, -0.2) is 35.3 Å². The zero-order chi connectivity index (χ0) is 14.3.